The van der Waals surface area contributed by atoms with Gasteiger partial charge in [0.15, 0.2) is 0 Å². The highest BCUT2D eigenvalue weighted by molar-refractivity contribution is 5.46. The van der Waals surface area contributed by atoms with E-state index in [9.17, 15) is 0 Å². The van der Waals surface area contributed by atoms with Crippen molar-refractivity contribution in [3.63, 3.8) is 0 Å². The van der Waals surface area contributed by atoms with Crippen molar-refractivity contribution >= 4 is 5.69 Å². The second-order valence-electron chi connectivity index (χ2n) is 2.45. The van der Waals surface area contributed by atoms with Gasteiger partial charge in [0.05, 0.1) is 0 Å². The van der Waals surface area contributed by atoms with Crippen LogP contribution in [0.4, 0.5) is 5.69 Å². The first-order chi connectivity index (χ1) is 6.33. The molecule has 0 amide bonds. The molecule has 0 saturated heterocycles. The number of hydrogen-bond acceptors (Lipinski definition) is 1. The Bertz CT molecular complexity index is 226. The molecule has 72 valence electrons. The number of hydrogen-bond donors (Lipinski definition) is 1. The largest absolute Gasteiger partial charge is 0.359 e. The Kier molecular flexibility index (Phi) is 6.70. The van der Waals surface area contributed by atoms with Crippen molar-refractivity contribution < 1.29 is 0 Å². The summed E-state index contributed by atoms with van der Waals surface area (Å²) in [6, 6.07) is 10.1. The SMILES string of the molecule is C=C(CC)Nc1ccccc1.CC. The van der Waals surface area contributed by atoms with E-state index >= 15 is 0 Å². The van der Waals surface area contributed by atoms with Crippen LogP contribution in [0.2, 0.25) is 0 Å². The summed E-state index contributed by atoms with van der Waals surface area (Å²) in [4.78, 5) is 0. The van der Waals surface area contributed by atoms with Crippen molar-refractivity contribution in [2.45, 2.75) is 27.2 Å². The zero-order valence-electron chi connectivity index (χ0n) is 8.80. The summed E-state index contributed by atoms with van der Waals surface area (Å²) in [5.41, 5.74) is 2.16. The molecule has 1 aromatic rings. The minimum absolute atomic E-state index is 0.967. The molecule has 1 rings (SSSR count). The van der Waals surface area contributed by atoms with Crippen LogP contribution < -0.4 is 5.32 Å². The van der Waals surface area contributed by atoms with Gasteiger partial charge in [-0.1, -0.05) is 45.5 Å². The second-order valence-corrected chi connectivity index (χ2v) is 2.45. The highest BCUT2D eigenvalue weighted by Crippen LogP contribution is 2.08. The van der Waals surface area contributed by atoms with Gasteiger partial charge in [0, 0.05) is 11.4 Å². The molecule has 0 fully saturated rings. The van der Waals surface area contributed by atoms with Gasteiger partial charge in [-0.3, -0.25) is 0 Å². The molecule has 0 bridgehead atoms. The van der Waals surface area contributed by atoms with E-state index in [4.69, 9.17) is 0 Å². The van der Waals surface area contributed by atoms with Crippen LogP contribution in [0, 0.1) is 0 Å². The average Bonchev–Trinajstić information content (AvgIpc) is 2.22. The highest BCUT2D eigenvalue weighted by atomic mass is 14.9. The Morgan fingerprint density at radius 1 is 1.23 bits per heavy atom. The number of allylic oxidation sites excluding steroid dienone is 1. The number of anilines is 1. The zero-order chi connectivity index (χ0) is 10.1. The van der Waals surface area contributed by atoms with E-state index in [1.807, 2.05) is 44.2 Å². The van der Waals surface area contributed by atoms with Crippen LogP contribution in [0.1, 0.15) is 27.2 Å². The number of benzene rings is 1. The van der Waals surface area contributed by atoms with Gasteiger partial charge in [0.1, 0.15) is 0 Å². The molecule has 13 heavy (non-hydrogen) atoms. The molecule has 0 aromatic heterocycles. The first-order valence-electron chi connectivity index (χ1n) is 4.82. The van der Waals surface area contributed by atoms with Crippen LogP contribution >= 0.6 is 0 Å². The van der Waals surface area contributed by atoms with E-state index in [2.05, 4.69) is 18.8 Å². The quantitative estimate of drug-likeness (QED) is 0.734. The third-order valence-electron chi connectivity index (χ3n) is 1.52. The van der Waals surface area contributed by atoms with Gasteiger partial charge >= 0.3 is 0 Å². The number of nitrogens with one attached hydrogen (secondary N) is 1. The fourth-order valence-corrected chi connectivity index (χ4v) is 0.814. The van der Waals surface area contributed by atoms with E-state index in [1.165, 1.54) is 0 Å². The van der Waals surface area contributed by atoms with Crippen molar-refractivity contribution in [1.29, 1.82) is 0 Å². The molecule has 0 heterocycles. The molecule has 0 spiro atoms. The molecule has 0 aliphatic rings. The van der Waals surface area contributed by atoms with Gasteiger partial charge in [0.25, 0.3) is 0 Å². The Balaban J connectivity index is 0.000000671. The molecule has 0 atom stereocenters. The Morgan fingerprint density at radius 3 is 2.23 bits per heavy atom. The number of rotatable bonds is 3. The van der Waals surface area contributed by atoms with E-state index in [-0.39, 0.29) is 0 Å². The van der Waals surface area contributed by atoms with E-state index in [0.717, 1.165) is 17.8 Å². The molecule has 0 aliphatic carbocycles. The molecule has 0 aliphatic heterocycles. The Morgan fingerprint density at radius 2 is 1.77 bits per heavy atom. The van der Waals surface area contributed by atoms with Crippen LogP contribution in [0.5, 0.6) is 0 Å². The molecule has 1 N–H and O–H groups in total. The lowest BCUT2D eigenvalue weighted by Gasteiger charge is -2.05. The lowest BCUT2D eigenvalue weighted by atomic mass is 10.3. The molecule has 1 aromatic carbocycles. The molecule has 0 unspecified atom stereocenters. The minimum atomic E-state index is 0.967. The van der Waals surface area contributed by atoms with Gasteiger partial charge in [0.2, 0.25) is 0 Å². The fraction of sp³-hybridized carbons (Fsp3) is 0.333. The third kappa shape index (κ3) is 5.07. The first-order valence-corrected chi connectivity index (χ1v) is 4.82. The molecule has 0 saturated carbocycles. The summed E-state index contributed by atoms with van der Waals surface area (Å²) < 4.78 is 0. The van der Waals surface area contributed by atoms with Gasteiger partial charge in [-0.25, -0.2) is 0 Å². The van der Waals surface area contributed by atoms with E-state index in [0.29, 0.717) is 0 Å². The summed E-state index contributed by atoms with van der Waals surface area (Å²) in [5.74, 6) is 0. The topological polar surface area (TPSA) is 12.0 Å². The predicted molar refractivity (Wildman–Crippen MR) is 60.8 cm³/mol. The van der Waals surface area contributed by atoms with Crippen molar-refractivity contribution in [1.82, 2.24) is 0 Å². The summed E-state index contributed by atoms with van der Waals surface area (Å²) in [5, 5.41) is 3.20. The maximum atomic E-state index is 3.86. The van der Waals surface area contributed by atoms with Crippen LogP contribution in [-0.4, -0.2) is 0 Å². The summed E-state index contributed by atoms with van der Waals surface area (Å²) in [6.07, 6.45) is 0.967. The normalized spacial score (nSPS) is 8.23. The third-order valence-corrected chi connectivity index (χ3v) is 1.52. The lowest BCUT2D eigenvalue weighted by molar-refractivity contribution is 1.11. The first kappa shape index (κ1) is 11.8. The van der Waals surface area contributed by atoms with Crippen molar-refractivity contribution in [3.05, 3.63) is 42.6 Å². The predicted octanol–water partition coefficient (Wildman–Crippen LogP) is 4.05. The summed E-state index contributed by atoms with van der Waals surface area (Å²) >= 11 is 0. The maximum absolute atomic E-state index is 3.86. The van der Waals surface area contributed by atoms with E-state index < -0.39 is 0 Å². The van der Waals surface area contributed by atoms with Crippen molar-refractivity contribution in [2.24, 2.45) is 0 Å². The smallest absolute Gasteiger partial charge is 0.0381 e. The van der Waals surface area contributed by atoms with Crippen LogP contribution in [0.15, 0.2) is 42.6 Å². The summed E-state index contributed by atoms with van der Waals surface area (Å²) in [6.45, 7) is 9.94. The maximum Gasteiger partial charge on any atom is 0.0381 e. The van der Waals surface area contributed by atoms with Crippen molar-refractivity contribution in [2.75, 3.05) is 5.32 Å². The second kappa shape index (κ2) is 7.41. The number of para-hydroxylation sites is 1. The van der Waals surface area contributed by atoms with Crippen molar-refractivity contribution in [3.8, 4) is 0 Å². The molecule has 1 nitrogen and oxygen atoms in total. The van der Waals surface area contributed by atoms with Crippen LogP contribution in [0.3, 0.4) is 0 Å². The minimum Gasteiger partial charge on any atom is -0.359 e. The van der Waals surface area contributed by atoms with Gasteiger partial charge in [-0.05, 0) is 18.6 Å². The molecule has 0 radical (unpaired) electrons. The van der Waals surface area contributed by atoms with Crippen LogP contribution in [-0.2, 0) is 0 Å². The highest BCUT2D eigenvalue weighted by Gasteiger charge is 1.89. The van der Waals surface area contributed by atoms with Gasteiger partial charge in [-0.15, -0.1) is 0 Å². The summed E-state index contributed by atoms with van der Waals surface area (Å²) in [7, 11) is 0. The fourth-order valence-electron chi connectivity index (χ4n) is 0.814. The van der Waals surface area contributed by atoms with Gasteiger partial charge in [-0.2, -0.15) is 0 Å². The monoisotopic (exact) mass is 177 g/mol. The van der Waals surface area contributed by atoms with E-state index in [1.54, 1.807) is 0 Å². The molecular formula is C12H19N. The van der Waals surface area contributed by atoms with Crippen LogP contribution in [0.25, 0.3) is 0 Å². The Labute approximate surface area is 81.5 Å². The molecular weight excluding hydrogens is 158 g/mol. The van der Waals surface area contributed by atoms with Gasteiger partial charge < -0.3 is 5.32 Å². The standard InChI is InChI=1S/C10H13N.C2H6/c1-3-9(2)11-10-7-5-4-6-8-10;1-2/h4-8,11H,2-3H2,1H3;1-2H3. The molecule has 1 heteroatoms. The lowest BCUT2D eigenvalue weighted by Crippen LogP contribution is -1.95. The average molecular weight is 177 g/mol. The zero-order valence-corrected chi connectivity index (χ0v) is 8.80. The Hall–Kier alpha value is -1.24.